The molecule has 4 N–H and O–H groups in total. The molecule has 216 valence electrons. The summed E-state index contributed by atoms with van der Waals surface area (Å²) in [5, 5.41) is 50.6. The normalized spacial score (nSPS) is 27.8. The Kier molecular flexibility index (Phi) is 9.26. The predicted octanol–water partition coefficient (Wildman–Crippen LogP) is 0.633. The molecule has 1 amide bonds. The maximum Gasteiger partial charge on any atom is 0.238 e. The van der Waals surface area contributed by atoms with Crippen molar-refractivity contribution in [2.24, 2.45) is 0 Å². The zero-order valence-corrected chi connectivity index (χ0v) is 22.7. The first kappa shape index (κ1) is 29.8. The average Bonchev–Trinajstić information content (AvgIpc) is 3.40. The maximum absolute atomic E-state index is 14.1. The lowest BCUT2D eigenvalue weighted by Gasteiger charge is -2.45. The van der Waals surface area contributed by atoms with Gasteiger partial charge in [0.05, 0.1) is 18.4 Å². The van der Waals surface area contributed by atoms with E-state index in [1.54, 1.807) is 14.0 Å². The van der Waals surface area contributed by atoms with Crippen molar-refractivity contribution in [3.05, 3.63) is 35.5 Å². The van der Waals surface area contributed by atoms with Gasteiger partial charge in [0.2, 0.25) is 5.91 Å². The minimum Gasteiger partial charge on any atom is -0.394 e. The van der Waals surface area contributed by atoms with Gasteiger partial charge in [0.25, 0.3) is 0 Å². The largest absolute Gasteiger partial charge is 0.394 e. The van der Waals surface area contributed by atoms with Gasteiger partial charge in [0.1, 0.15) is 52.4 Å². The number of ether oxygens (including phenoxy) is 2. The lowest BCUT2D eigenvalue weighted by molar-refractivity contribution is -0.179. The minimum absolute atomic E-state index is 0.0950. The highest BCUT2D eigenvalue weighted by atomic mass is 32.2. The van der Waals surface area contributed by atoms with E-state index in [2.05, 4.69) is 10.3 Å². The van der Waals surface area contributed by atoms with Gasteiger partial charge in [-0.25, -0.2) is 13.5 Å². The first-order chi connectivity index (χ1) is 18.5. The number of halogens is 2. The Bertz CT molecular complexity index is 1140. The summed E-state index contributed by atoms with van der Waals surface area (Å²) in [5.41, 5.74) is -2.54. The van der Waals surface area contributed by atoms with E-state index in [-0.39, 0.29) is 48.8 Å². The number of hydrogen-bond acceptors (Lipinski definition) is 10. The van der Waals surface area contributed by atoms with Gasteiger partial charge in [0, 0.05) is 50.8 Å². The van der Waals surface area contributed by atoms with Crippen molar-refractivity contribution in [3.8, 4) is 11.3 Å². The van der Waals surface area contributed by atoms with Crippen LogP contribution in [0.3, 0.4) is 0 Å². The molecule has 2 aromatic rings. The van der Waals surface area contributed by atoms with Crippen LogP contribution in [0.4, 0.5) is 8.78 Å². The van der Waals surface area contributed by atoms with E-state index in [0.29, 0.717) is 6.54 Å². The number of nitrogens with zero attached hydrogens (tertiary/aromatic N) is 4. The van der Waals surface area contributed by atoms with Crippen LogP contribution in [0.5, 0.6) is 0 Å². The fourth-order valence-corrected chi connectivity index (χ4v) is 6.32. The number of aliphatic hydroxyl groups excluding tert-OH is 3. The van der Waals surface area contributed by atoms with Gasteiger partial charge in [0.15, 0.2) is 0 Å². The van der Waals surface area contributed by atoms with Crippen molar-refractivity contribution < 1.29 is 43.5 Å². The highest BCUT2D eigenvalue weighted by Gasteiger charge is 2.51. The smallest absolute Gasteiger partial charge is 0.238 e. The molecular weight excluding hydrogens is 538 g/mol. The van der Waals surface area contributed by atoms with Gasteiger partial charge < -0.3 is 34.8 Å². The number of benzene rings is 1. The predicted molar refractivity (Wildman–Crippen MR) is 137 cm³/mol. The summed E-state index contributed by atoms with van der Waals surface area (Å²) < 4.78 is 40.6. The van der Waals surface area contributed by atoms with Gasteiger partial charge in [-0.2, -0.15) is 0 Å². The zero-order chi connectivity index (χ0) is 28.5. The summed E-state index contributed by atoms with van der Waals surface area (Å²) in [6.45, 7) is 3.39. The van der Waals surface area contributed by atoms with Crippen molar-refractivity contribution in [3.63, 3.8) is 0 Å². The first-order valence-corrected chi connectivity index (χ1v) is 13.7. The zero-order valence-electron chi connectivity index (χ0n) is 21.9. The lowest BCUT2D eigenvalue weighted by atomic mass is 9.89. The molecule has 4 rings (SSSR count). The molecule has 1 aromatic heterocycles. The molecule has 14 heteroatoms. The minimum atomic E-state index is -1.47. The maximum atomic E-state index is 14.1. The van der Waals surface area contributed by atoms with E-state index in [4.69, 9.17) is 9.47 Å². The van der Waals surface area contributed by atoms with Crippen molar-refractivity contribution >= 4 is 17.7 Å². The Balaban J connectivity index is 1.65. The Labute approximate surface area is 228 Å². The molecule has 2 aliphatic rings. The molecular formula is C25H34F2N4O7S. The molecule has 11 nitrogen and oxygen atoms in total. The Morgan fingerprint density at radius 1 is 1.26 bits per heavy atom. The van der Waals surface area contributed by atoms with Crippen LogP contribution in [-0.2, 0) is 14.3 Å². The second-order valence-corrected chi connectivity index (χ2v) is 11.1. The molecule has 0 aliphatic carbocycles. The number of hydrogen-bond donors (Lipinski definition) is 4. The van der Waals surface area contributed by atoms with Crippen LogP contribution in [0.2, 0.25) is 0 Å². The number of rotatable bonds is 8. The average molecular weight is 573 g/mol. The SMILES string of the molecule is CCN(C)C(=O)C(S[C@@H]1O[C@H](CO)[C@H](O)[C@H](n2cc(-c3cc(F)c(C)c(F)c3)nn2)[C@H]1O)C1(O)CCOCC1. The molecule has 2 aliphatic heterocycles. The molecule has 39 heavy (non-hydrogen) atoms. The van der Waals surface area contributed by atoms with E-state index in [1.807, 2.05) is 0 Å². The summed E-state index contributed by atoms with van der Waals surface area (Å²) in [6.07, 6.45) is -2.37. The summed E-state index contributed by atoms with van der Waals surface area (Å²) in [7, 11) is 1.60. The quantitative estimate of drug-likeness (QED) is 0.355. The van der Waals surface area contributed by atoms with Gasteiger partial charge >= 0.3 is 0 Å². The van der Waals surface area contributed by atoms with E-state index < -0.39 is 58.9 Å². The van der Waals surface area contributed by atoms with Gasteiger partial charge in [-0.1, -0.05) is 5.21 Å². The van der Waals surface area contributed by atoms with Gasteiger partial charge in [-0.05, 0) is 26.0 Å². The van der Waals surface area contributed by atoms with Crippen molar-refractivity contribution in [1.82, 2.24) is 19.9 Å². The lowest BCUT2D eigenvalue weighted by Crippen LogP contribution is -2.58. The number of carbonyl (C=O) groups excluding carboxylic acids is 1. The van der Waals surface area contributed by atoms with Crippen LogP contribution in [0, 0.1) is 18.6 Å². The van der Waals surface area contributed by atoms with Crippen LogP contribution in [0.15, 0.2) is 18.3 Å². The molecule has 6 atom stereocenters. The van der Waals surface area contributed by atoms with E-state index in [9.17, 15) is 34.0 Å². The summed E-state index contributed by atoms with van der Waals surface area (Å²) in [6, 6.07) is 1.01. The highest BCUT2D eigenvalue weighted by molar-refractivity contribution is 8.01. The molecule has 3 heterocycles. The topological polar surface area (TPSA) is 150 Å². The fourth-order valence-electron chi connectivity index (χ4n) is 4.73. The van der Waals surface area contributed by atoms with E-state index >= 15 is 0 Å². The van der Waals surface area contributed by atoms with Crippen LogP contribution in [-0.4, -0.2) is 114 Å². The molecule has 0 spiro atoms. The summed E-state index contributed by atoms with van der Waals surface area (Å²) in [4.78, 5) is 14.8. The molecule has 1 unspecified atom stereocenters. The summed E-state index contributed by atoms with van der Waals surface area (Å²) in [5.74, 6) is -1.89. The molecule has 0 radical (unpaired) electrons. The van der Waals surface area contributed by atoms with Crippen LogP contribution in [0.25, 0.3) is 11.3 Å². The standard InChI is InChI=1S/C25H34F2N4O7S/c1-4-30(3)23(35)22(25(36)5-7-37-8-6-25)39-24-21(34)19(20(33)18(12-32)38-24)31-11-17(28-29-31)14-9-15(26)13(2)16(27)10-14/h9-11,18-22,24,32-34,36H,4-8,12H2,1-3H3/t18-,19+,20+,21-,22?,24+/m1/s1. The number of thioether (sulfide) groups is 1. The van der Waals surface area contributed by atoms with Gasteiger partial charge in [-0.3, -0.25) is 4.79 Å². The monoisotopic (exact) mass is 572 g/mol. The molecule has 0 saturated carbocycles. The molecule has 2 saturated heterocycles. The third kappa shape index (κ3) is 5.97. The van der Waals surface area contributed by atoms with Crippen LogP contribution >= 0.6 is 11.8 Å². The third-order valence-electron chi connectivity index (χ3n) is 7.43. The Morgan fingerprint density at radius 3 is 2.49 bits per heavy atom. The van der Waals surface area contributed by atoms with Crippen molar-refractivity contribution in [2.75, 3.05) is 33.4 Å². The second-order valence-electron chi connectivity index (χ2n) is 9.93. The van der Waals surface area contributed by atoms with Gasteiger partial charge in [-0.15, -0.1) is 16.9 Å². The Hall–Kier alpha value is -2.20. The molecule has 2 fully saturated rings. The highest BCUT2D eigenvalue weighted by Crippen LogP contribution is 2.42. The third-order valence-corrected chi connectivity index (χ3v) is 9.00. The fraction of sp³-hybridized carbons (Fsp3) is 0.640. The second kappa shape index (κ2) is 12.1. The van der Waals surface area contributed by atoms with Crippen LogP contribution < -0.4 is 0 Å². The summed E-state index contributed by atoms with van der Waals surface area (Å²) >= 11 is 0.907. The van der Waals surface area contributed by atoms with Crippen molar-refractivity contribution in [2.45, 2.75) is 67.3 Å². The van der Waals surface area contributed by atoms with E-state index in [0.717, 1.165) is 28.6 Å². The Morgan fingerprint density at radius 2 is 1.90 bits per heavy atom. The number of aromatic nitrogens is 3. The molecule has 1 aromatic carbocycles. The van der Waals surface area contributed by atoms with Crippen LogP contribution in [0.1, 0.15) is 31.4 Å². The molecule has 0 bridgehead atoms. The van der Waals surface area contributed by atoms with Crippen molar-refractivity contribution in [1.29, 1.82) is 0 Å². The van der Waals surface area contributed by atoms with E-state index in [1.165, 1.54) is 18.0 Å². The number of aliphatic hydroxyl groups is 4. The first-order valence-electron chi connectivity index (χ1n) is 12.7. The number of carbonyl (C=O) groups is 1. The number of amides is 1.